The van der Waals surface area contributed by atoms with Crippen LogP contribution in [0.5, 0.6) is 0 Å². The topological polar surface area (TPSA) is 80.0 Å². The monoisotopic (exact) mass is 278 g/mol. The lowest BCUT2D eigenvalue weighted by Gasteiger charge is -2.15. The Hall–Kier alpha value is -1.62. The number of nitrogens with two attached hydrogens (primary N) is 1. The lowest BCUT2D eigenvalue weighted by Crippen LogP contribution is -2.29. The molecular formula is C15H26N4O. The molecule has 1 atom stereocenters. The molecule has 1 rings (SSSR count). The van der Waals surface area contributed by atoms with Crippen molar-refractivity contribution in [2.24, 2.45) is 11.8 Å². The average Bonchev–Trinajstić information content (AvgIpc) is 2.46. The second-order valence-corrected chi connectivity index (χ2v) is 5.15. The fraction of sp³-hybridized carbons (Fsp3) is 0.600. The molecule has 1 heterocycles. The van der Waals surface area contributed by atoms with Crippen LogP contribution in [-0.2, 0) is 0 Å². The van der Waals surface area contributed by atoms with Gasteiger partial charge in [0.2, 0.25) is 0 Å². The average molecular weight is 278 g/mol. The maximum Gasteiger partial charge on any atom is 0.251 e. The highest BCUT2D eigenvalue weighted by Crippen LogP contribution is 2.13. The summed E-state index contributed by atoms with van der Waals surface area (Å²) in [6, 6.07) is 3.43. The molecular weight excluding hydrogens is 252 g/mol. The first-order chi connectivity index (χ1) is 9.60. The van der Waals surface area contributed by atoms with Gasteiger partial charge in [0, 0.05) is 17.8 Å². The number of unbranched alkanes of at least 4 members (excludes halogenated alkanes) is 1. The predicted octanol–water partition coefficient (Wildman–Crippen LogP) is 2.62. The van der Waals surface area contributed by atoms with E-state index in [1.54, 1.807) is 12.1 Å². The first-order valence-electron chi connectivity index (χ1n) is 7.34. The molecule has 0 spiro atoms. The van der Waals surface area contributed by atoms with Crippen LogP contribution < -0.4 is 16.6 Å². The Kier molecular flexibility index (Phi) is 7.01. The molecule has 0 saturated heterocycles. The third-order valence-electron chi connectivity index (χ3n) is 3.46. The Bertz CT molecular complexity index is 434. The van der Waals surface area contributed by atoms with Gasteiger partial charge in [-0.1, -0.05) is 33.1 Å². The zero-order valence-electron chi connectivity index (χ0n) is 12.7. The summed E-state index contributed by atoms with van der Waals surface area (Å²) >= 11 is 0. The van der Waals surface area contributed by atoms with Gasteiger partial charge in [0.15, 0.2) is 0 Å². The minimum atomic E-state index is -0.0676. The summed E-state index contributed by atoms with van der Waals surface area (Å²) in [5.41, 5.74) is 3.84. The number of carbonyl (C=O) groups excluding carboxylic acids is 1. The van der Waals surface area contributed by atoms with Crippen molar-refractivity contribution in [2.45, 2.75) is 46.5 Å². The molecule has 0 aliphatic heterocycles. The van der Waals surface area contributed by atoms with Crippen molar-refractivity contribution in [3.8, 4) is 0 Å². The van der Waals surface area contributed by atoms with Crippen molar-refractivity contribution < 1.29 is 4.79 Å². The SMILES string of the molecule is CCCCC(CC)CNC(=O)c1cc(C)nc(NN)c1. The second kappa shape index (κ2) is 8.53. The van der Waals surface area contributed by atoms with Gasteiger partial charge in [-0.05, 0) is 31.4 Å². The van der Waals surface area contributed by atoms with Crippen molar-refractivity contribution in [1.29, 1.82) is 0 Å². The molecule has 5 nitrogen and oxygen atoms in total. The highest BCUT2D eigenvalue weighted by Gasteiger charge is 2.11. The molecule has 1 unspecified atom stereocenters. The Balaban J connectivity index is 2.59. The van der Waals surface area contributed by atoms with Crippen molar-refractivity contribution in [2.75, 3.05) is 12.0 Å². The normalized spacial score (nSPS) is 12.0. The lowest BCUT2D eigenvalue weighted by atomic mass is 9.99. The molecule has 5 heteroatoms. The number of pyridine rings is 1. The van der Waals surface area contributed by atoms with Gasteiger partial charge in [0.25, 0.3) is 5.91 Å². The van der Waals surface area contributed by atoms with Crippen molar-refractivity contribution >= 4 is 11.7 Å². The van der Waals surface area contributed by atoms with E-state index in [1.807, 2.05) is 6.92 Å². The first kappa shape index (κ1) is 16.4. The van der Waals surface area contributed by atoms with Crippen LogP contribution >= 0.6 is 0 Å². The van der Waals surface area contributed by atoms with E-state index < -0.39 is 0 Å². The molecule has 1 aromatic rings. The summed E-state index contributed by atoms with van der Waals surface area (Å²) in [5, 5.41) is 3.00. The summed E-state index contributed by atoms with van der Waals surface area (Å²) in [7, 11) is 0. The summed E-state index contributed by atoms with van der Waals surface area (Å²) in [4.78, 5) is 16.3. The van der Waals surface area contributed by atoms with Crippen LogP contribution in [0, 0.1) is 12.8 Å². The van der Waals surface area contributed by atoms with E-state index in [0.717, 1.165) is 25.1 Å². The zero-order chi connectivity index (χ0) is 15.0. The maximum absolute atomic E-state index is 12.2. The Labute approximate surface area is 121 Å². The van der Waals surface area contributed by atoms with E-state index in [0.29, 0.717) is 17.3 Å². The van der Waals surface area contributed by atoms with E-state index in [2.05, 4.69) is 29.6 Å². The van der Waals surface area contributed by atoms with Crippen LogP contribution in [0.4, 0.5) is 5.82 Å². The molecule has 0 fully saturated rings. The summed E-state index contributed by atoms with van der Waals surface area (Å²) in [6.45, 7) is 6.92. The summed E-state index contributed by atoms with van der Waals surface area (Å²) in [5.74, 6) is 6.33. The highest BCUT2D eigenvalue weighted by atomic mass is 16.1. The fourth-order valence-corrected chi connectivity index (χ4v) is 2.16. The zero-order valence-corrected chi connectivity index (χ0v) is 12.7. The minimum absolute atomic E-state index is 0.0676. The smallest absolute Gasteiger partial charge is 0.251 e. The van der Waals surface area contributed by atoms with E-state index in [9.17, 15) is 4.79 Å². The molecule has 20 heavy (non-hydrogen) atoms. The largest absolute Gasteiger partial charge is 0.352 e. The number of nitrogens with zero attached hydrogens (tertiary/aromatic N) is 1. The minimum Gasteiger partial charge on any atom is -0.352 e. The van der Waals surface area contributed by atoms with E-state index >= 15 is 0 Å². The Morgan fingerprint density at radius 3 is 2.75 bits per heavy atom. The van der Waals surface area contributed by atoms with Crippen LogP contribution in [0.15, 0.2) is 12.1 Å². The van der Waals surface area contributed by atoms with Gasteiger partial charge in [-0.3, -0.25) is 4.79 Å². The molecule has 0 radical (unpaired) electrons. The van der Waals surface area contributed by atoms with Crippen LogP contribution in [0.2, 0.25) is 0 Å². The number of hydrogen-bond donors (Lipinski definition) is 3. The van der Waals surface area contributed by atoms with Gasteiger partial charge in [-0.15, -0.1) is 0 Å². The van der Waals surface area contributed by atoms with Crippen molar-refractivity contribution in [1.82, 2.24) is 10.3 Å². The third-order valence-corrected chi connectivity index (χ3v) is 3.46. The van der Waals surface area contributed by atoms with Crippen molar-refractivity contribution in [3.63, 3.8) is 0 Å². The Morgan fingerprint density at radius 1 is 1.40 bits per heavy atom. The van der Waals surface area contributed by atoms with Gasteiger partial charge < -0.3 is 10.7 Å². The number of rotatable bonds is 8. The summed E-state index contributed by atoms with van der Waals surface area (Å²) in [6.07, 6.45) is 4.66. The van der Waals surface area contributed by atoms with Crippen LogP contribution in [0.3, 0.4) is 0 Å². The lowest BCUT2D eigenvalue weighted by molar-refractivity contribution is 0.0945. The van der Waals surface area contributed by atoms with Gasteiger partial charge in [-0.2, -0.15) is 0 Å². The molecule has 0 saturated carbocycles. The van der Waals surface area contributed by atoms with Crippen molar-refractivity contribution in [3.05, 3.63) is 23.4 Å². The van der Waals surface area contributed by atoms with Crippen LogP contribution in [0.25, 0.3) is 0 Å². The van der Waals surface area contributed by atoms with Crippen LogP contribution in [0.1, 0.15) is 55.6 Å². The number of carbonyl (C=O) groups is 1. The van der Waals surface area contributed by atoms with E-state index in [1.165, 1.54) is 12.8 Å². The molecule has 4 N–H and O–H groups in total. The number of aryl methyl sites for hydroxylation is 1. The molecule has 0 aliphatic carbocycles. The number of hydrogen-bond acceptors (Lipinski definition) is 4. The Morgan fingerprint density at radius 2 is 2.15 bits per heavy atom. The molecule has 0 aromatic carbocycles. The quantitative estimate of drug-likeness (QED) is 0.504. The highest BCUT2D eigenvalue weighted by molar-refractivity contribution is 5.94. The predicted molar refractivity (Wildman–Crippen MR) is 82.4 cm³/mol. The molecule has 112 valence electrons. The van der Waals surface area contributed by atoms with E-state index in [4.69, 9.17) is 5.84 Å². The number of anilines is 1. The van der Waals surface area contributed by atoms with Gasteiger partial charge in [0.1, 0.15) is 5.82 Å². The molecule has 0 aliphatic rings. The molecule has 1 amide bonds. The number of nitrogens with one attached hydrogen (secondary N) is 2. The maximum atomic E-state index is 12.2. The summed E-state index contributed by atoms with van der Waals surface area (Å²) < 4.78 is 0. The third kappa shape index (κ3) is 5.17. The van der Waals surface area contributed by atoms with E-state index in [-0.39, 0.29) is 5.91 Å². The number of hydrazine groups is 1. The van der Waals surface area contributed by atoms with Gasteiger partial charge in [-0.25, -0.2) is 10.8 Å². The van der Waals surface area contributed by atoms with Crippen LogP contribution in [-0.4, -0.2) is 17.4 Å². The molecule has 0 bridgehead atoms. The van der Waals surface area contributed by atoms with Gasteiger partial charge >= 0.3 is 0 Å². The number of aromatic nitrogens is 1. The number of amides is 1. The molecule has 1 aromatic heterocycles. The standard InChI is InChI=1S/C15H26N4O/c1-4-6-7-12(5-2)10-17-15(20)13-8-11(3)18-14(9-13)19-16/h8-9,12H,4-7,10,16H2,1-3H3,(H,17,20)(H,18,19). The number of nitrogen functional groups attached to an aromatic ring is 1. The first-order valence-corrected chi connectivity index (χ1v) is 7.34. The van der Waals surface area contributed by atoms with Gasteiger partial charge in [0.05, 0.1) is 0 Å². The second-order valence-electron chi connectivity index (χ2n) is 5.15. The fourth-order valence-electron chi connectivity index (χ4n) is 2.16.